The Morgan fingerprint density at radius 2 is 2.00 bits per heavy atom. The maximum Gasteiger partial charge on any atom is 0.191 e. The largest absolute Gasteiger partial charge is 0.356 e. The SMILES string of the molecule is CN=C(NCC1(c2cccc(Br)c2)CC1)NC1CCN(C(C)C)CC1.I. The number of rotatable bonds is 5. The Morgan fingerprint density at radius 1 is 1.31 bits per heavy atom. The Balaban J connectivity index is 0.00000243. The molecule has 0 bridgehead atoms. The molecular formula is C20H32BrIN4. The monoisotopic (exact) mass is 534 g/mol. The first-order valence-electron chi connectivity index (χ1n) is 9.50. The highest BCUT2D eigenvalue weighted by molar-refractivity contribution is 14.0. The van der Waals surface area contributed by atoms with Crippen molar-refractivity contribution >= 4 is 45.9 Å². The van der Waals surface area contributed by atoms with Crippen LogP contribution in [-0.2, 0) is 5.41 Å². The second-order valence-electron chi connectivity index (χ2n) is 7.76. The summed E-state index contributed by atoms with van der Waals surface area (Å²) in [4.78, 5) is 7.01. The highest BCUT2D eigenvalue weighted by atomic mass is 127. The van der Waals surface area contributed by atoms with Crippen LogP contribution < -0.4 is 10.6 Å². The molecule has 4 nitrogen and oxygen atoms in total. The summed E-state index contributed by atoms with van der Waals surface area (Å²) in [6, 6.07) is 9.91. The first-order chi connectivity index (χ1) is 12.0. The van der Waals surface area contributed by atoms with Gasteiger partial charge in [-0.1, -0.05) is 28.1 Å². The summed E-state index contributed by atoms with van der Waals surface area (Å²) >= 11 is 3.60. The van der Waals surface area contributed by atoms with Crippen LogP contribution in [0.1, 0.15) is 45.1 Å². The quantitative estimate of drug-likeness (QED) is 0.339. The molecule has 3 rings (SSSR count). The fourth-order valence-corrected chi connectivity index (χ4v) is 4.14. The van der Waals surface area contributed by atoms with E-state index in [9.17, 15) is 0 Å². The van der Waals surface area contributed by atoms with Crippen molar-refractivity contribution in [2.24, 2.45) is 4.99 Å². The van der Waals surface area contributed by atoms with Crippen LogP contribution in [0.2, 0.25) is 0 Å². The third-order valence-corrected chi connectivity index (χ3v) is 6.20. The molecule has 1 saturated carbocycles. The molecule has 0 spiro atoms. The van der Waals surface area contributed by atoms with Crippen LogP contribution in [0, 0.1) is 0 Å². The van der Waals surface area contributed by atoms with E-state index in [2.05, 4.69) is 74.6 Å². The van der Waals surface area contributed by atoms with Crippen molar-refractivity contribution in [2.45, 2.75) is 57.0 Å². The zero-order chi connectivity index (χ0) is 17.9. The Morgan fingerprint density at radius 3 is 2.54 bits per heavy atom. The van der Waals surface area contributed by atoms with Crippen LogP contribution in [0.15, 0.2) is 33.7 Å². The van der Waals surface area contributed by atoms with Crippen LogP contribution in [0.5, 0.6) is 0 Å². The number of piperidine rings is 1. The molecule has 1 aromatic rings. The van der Waals surface area contributed by atoms with E-state index in [1.807, 2.05) is 7.05 Å². The smallest absolute Gasteiger partial charge is 0.191 e. The van der Waals surface area contributed by atoms with Crippen LogP contribution in [0.3, 0.4) is 0 Å². The molecule has 0 unspecified atom stereocenters. The van der Waals surface area contributed by atoms with Gasteiger partial charge in [0.05, 0.1) is 0 Å². The summed E-state index contributed by atoms with van der Waals surface area (Å²) in [5.74, 6) is 0.948. The highest BCUT2D eigenvalue weighted by Crippen LogP contribution is 2.48. The van der Waals surface area contributed by atoms with Gasteiger partial charge in [-0.05, 0) is 57.2 Å². The molecule has 0 atom stereocenters. The van der Waals surface area contributed by atoms with Gasteiger partial charge in [0.25, 0.3) is 0 Å². The lowest BCUT2D eigenvalue weighted by Crippen LogP contribution is -2.50. The summed E-state index contributed by atoms with van der Waals surface area (Å²) in [7, 11) is 1.87. The predicted molar refractivity (Wildman–Crippen MR) is 125 cm³/mol. The van der Waals surface area contributed by atoms with Crippen LogP contribution in [0.25, 0.3) is 0 Å². The lowest BCUT2D eigenvalue weighted by Gasteiger charge is -2.35. The first kappa shape index (κ1) is 22.0. The van der Waals surface area contributed by atoms with Gasteiger partial charge >= 0.3 is 0 Å². The number of halogens is 2. The minimum atomic E-state index is 0. The van der Waals surface area contributed by atoms with Crippen molar-refractivity contribution in [3.05, 3.63) is 34.3 Å². The topological polar surface area (TPSA) is 39.7 Å². The molecule has 1 aromatic carbocycles. The molecule has 1 saturated heterocycles. The number of hydrogen-bond donors (Lipinski definition) is 2. The van der Waals surface area contributed by atoms with Crippen molar-refractivity contribution < 1.29 is 0 Å². The predicted octanol–water partition coefficient (Wildman–Crippen LogP) is 4.14. The average molecular weight is 535 g/mol. The van der Waals surface area contributed by atoms with E-state index in [-0.39, 0.29) is 29.4 Å². The van der Waals surface area contributed by atoms with Gasteiger partial charge in [0, 0.05) is 48.7 Å². The van der Waals surface area contributed by atoms with Crippen molar-refractivity contribution in [3.63, 3.8) is 0 Å². The van der Waals surface area contributed by atoms with E-state index < -0.39 is 0 Å². The van der Waals surface area contributed by atoms with Gasteiger partial charge in [0.2, 0.25) is 0 Å². The fraction of sp³-hybridized carbons (Fsp3) is 0.650. The van der Waals surface area contributed by atoms with Gasteiger partial charge in [0.1, 0.15) is 0 Å². The van der Waals surface area contributed by atoms with Crippen molar-refractivity contribution in [2.75, 3.05) is 26.7 Å². The molecule has 0 amide bonds. The van der Waals surface area contributed by atoms with Gasteiger partial charge in [0.15, 0.2) is 5.96 Å². The zero-order valence-electron chi connectivity index (χ0n) is 16.1. The van der Waals surface area contributed by atoms with E-state index in [1.165, 1.54) is 44.3 Å². The maximum absolute atomic E-state index is 4.45. The van der Waals surface area contributed by atoms with Crippen molar-refractivity contribution in [1.29, 1.82) is 0 Å². The number of nitrogens with zero attached hydrogens (tertiary/aromatic N) is 2. The second-order valence-corrected chi connectivity index (χ2v) is 8.68. The molecule has 0 aromatic heterocycles. The Hall–Kier alpha value is -0.340. The summed E-state index contributed by atoms with van der Waals surface area (Å²) in [6.07, 6.45) is 4.88. The zero-order valence-corrected chi connectivity index (χ0v) is 20.0. The fourth-order valence-electron chi connectivity index (χ4n) is 3.74. The summed E-state index contributed by atoms with van der Waals surface area (Å²) in [5.41, 5.74) is 1.71. The third-order valence-electron chi connectivity index (χ3n) is 5.71. The van der Waals surface area contributed by atoms with Crippen molar-refractivity contribution in [3.8, 4) is 0 Å². The molecule has 26 heavy (non-hydrogen) atoms. The van der Waals surface area contributed by atoms with E-state index in [1.54, 1.807) is 0 Å². The van der Waals surface area contributed by atoms with Crippen LogP contribution in [0.4, 0.5) is 0 Å². The minimum Gasteiger partial charge on any atom is -0.356 e. The van der Waals surface area contributed by atoms with Gasteiger partial charge in [-0.25, -0.2) is 0 Å². The van der Waals surface area contributed by atoms with Gasteiger partial charge in [-0.15, -0.1) is 24.0 Å². The van der Waals surface area contributed by atoms with E-state index in [0.29, 0.717) is 12.1 Å². The van der Waals surface area contributed by atoms with E-state index in [0.717, 1.165) is 17.0 Å². The number of nitrogens with one attached hydrogen (secondary N) is 2. The molecule has 1 heterocycles. The lowest BCUT2D eigenvalue weighted by atomic mass is 9.96. The normalized spacial score (nSPS) is 20.6. The lowest BCUT2D eigenvalue weighted by molar-refractivity contribution is 0.167. The Labute approximate surface area is 183 Å². The first-order valence-corrected chi connectivity index (χ1v) is 10.3. The molecule has 2 fully saturated rings. The molecule has 1 aliphatic heterocycles. The molecule has 1 aliphatic carbocycles. The maximum atomic E-state index is 4.45. The highest BCUT2D eigenvalue weighted by Gasteiger charge is 2.44. The number of benzene rings is 1. The number of hydrogen-bond acceptors (Lipinski definition) is 2. The van der Waals surface area contributed by atoms with Gasteiger partial charge in [-0.3, -0.25) is 4.99 Å². The Bertz CT molecular complexity index is 608. The summed E-state index contributed by atoms with van der Waals surface area (Å²) < 4.78 is 1.16. The number of likely N-dealkylation sites (tertiary alicyclic amines) is 1. The number of guanidine groups is 1. The molecule has 0 radical (unpaired) electrons. The standard InChI is InChI=1S/C20H31BrN4.HI/c1-15(2)25-11-7-18(8-12-25)24-19(22-3)23-14-20(9-10-20)16-5-4-6-17(21)13-16;/h4-6,13,15,18H,7-12,14H2,1-3H3,(H2,22,23,24);1H. The Kier molecular flexibility index (Phi) is 8.22. The summed E-state index contributed by atoms with van der Waals surface area (Å²) in [6.45, 7) is 7.87. The van der Waals surface area contributed by atoms with E-state index >= 15 is 0 Å². The van der Waals surface area contributed by atoms with Gasteiger partial charge in [-0.2, -0.15) is 0 Å². The van der Waals surface area contributed by atoms with E-state index in [4.69, 9.17) is 0 Å². The summed E-state index contributed by atoms with van der Waals surface area (Å²) in [5, 5.41) is 7.21. The second kappa shape index (κ2) is 9.73. The minimum absolute atomic E-state index is 0. The number of aliphatic imine (C=N–C) groups is 1. The van der Waals surface area contributed by atoms with Crippen LogP contribution >= 0.6 is 39.9 Å². The average Bonchev–Trinajstić information content (AvgIpc) is 3.40. The molecule has 6 heteroatoms. The molecule has 146 valence electrons. The van der Waals surface area contributed by atoms with Crippen molar-refractivity contribution in [1.82, 2.24) is 15.5 Å². The van der Waals surface area contributed by atoms with Crippen LogP contribution in [-0.4, -0.2) is 49.6 Å². The molecule has 2 aliphatic rings. The third kappa shape index (κ3) is 5.58. The molecule has 2 N–H and O–H groups in total. The van der Waals surface area contributed by atoms with Gasteiger partial charge < -0.3 is 15.5 Å². The molecular weight excluding hydrogens is 503 g/mol.